The Bertz CT molecular complexity index is 703. The van der Waals surface area contributed by atoms with Crippen LogP contribution in [0.15, 0.2) is 24.3 Å². The van der Waals surface area contributed by atoms with Gasteiger partial charge in [-0.15, -0.1) is 5.10 Å². The number of para-hydroxylation sites is 2. The van der Waals surface area contributed by atoms with Crippen molar-refractivity contribution in [1.29, 1.82) is 0 Å². The van der Waals surface area contributed by atoms with E-state index in [2.05, 4.69) is 33.8 Å². The Morgan fingerprint density at radius 2 is 2.06 bits per heavy atom. The molecule has 0 bridgehead atoms. The van der Waals surface area contributed by atoms with Crippen molar-refractivity contribution in [2.24, 2.45) is 0 Å². The summed E-state index contributed by atoms with van der Waals surface area (Å²) in [5, 5.41) is 7.13. The highest BCUT2D eigenvalue weighted by Crippen LogP contribution is 2.19. The number of H-pyrrole nitrogens is 1. The van der Waals surface area contributed by atoms with E-state index >= 15 is 0 Å². The maximum Gasteiger partial charge on any atom is 0.235 e. The van der Waals surface area contributed by atoms with Crippen LogP contribution in [0.5, 0.6) is 0 Å². The van der Waals surface area contributed by atoms with Gasteiger partial charge in [0.05, 0.1) is 11.0 Å². The predicted octanol–water partition coefficient (Wildman–Crippen LogP) is 2.76. The van der Waals surface area contributed by atoms with Crippen LogP contribution in [0.1, 0.15) is 13.3 Å². The first-order valence-corrected chi connectivity index (χ1v) is 5.78. The van der Waals surface area contributed by atoms with Gasteiger partial charge in [-0.1, -0.05) is 19.1 Å². The largest absolute Gasteiger partial charge is 0.308 e. The molecule has 3 aromatic rings. The Morgan fingerprint density at radius 1 is 1.31 bits per heavy atom. The Labute approximate surface area is 97.5 Å². The minimum Gasteiger partial charge on any atom is -0.308 e. The zero-order valence-corrected chi connectivity index (χ0v) is 9.79. The topological polar surface area (TPSA) is 38.0 Å². The maximum atomic E-state index is 5.24. The summed E-state index contributed by atoms with van der Waals surface area (Å²) in [4.78, 5) is 0. The first kappa shape index (κ1) is 9.59. The van der Waals surface area contributed by atoms with Crippen molar-refractivity contribution < 1.29 is 0 Å². The van der Waals surface area contributed by atoms with Gasteiger partial charge in [0, 0.05) is 6.54 Å². The minimum absolute atomic E-state index is 0.654. The van der Waals surface area contributed by atoms with Crippen LogP contribution in [0.3, 0.4) is 0 Å². The average molecular weight is 232 g/mol. The molecule has 82 valence electrons. The van der Waals surface area contributed by atoms with Crippen LogP contribution in [-0.2, 0) is 6.54 Å². The average Bonchev–Trinajstić information content (AvgIpc) is 2.81. The molecule has 0 saturated heterocycles. The van der Waals surface area contributed by atoms with Crippen molar-refractivity contribution >= 4 is 29.0 Å². The van der Waals surface area contributed by atoms with Crippen molar-refractivity contribution in [2.45, 2.75) is 19.9 Å². The second kappa shape index (κ2) is 3.45. The Kier molecular flexibility index (Phi) is 2.07. The molecule has 2 heterocycles. The first-order chi connectivity index (χ1) is 7.83. The summed E-state index contributed by atoms with van der Waals surface area (Å²) < 4.78 is 4.84. The van der Waals surface area contributed by atoms with Crippen LogP contribution in [0.2, 0.25) is 0 Å². The number of benzene rings is 1. The van der Waals surface area contributed by atoms with Crippen LogP contribution in [0.4, 0.5) is 0 Å². The van der Waals surface area contributed by atoms with Crippen LogP contribution in [0.25, 0.3) is 16.8 Å². The molecule has 3 rings (SSSR count). The van der Waals surface area contributed by atoms with Gasteiger partial charge in [-0.05, 0) is 30.8 Å². The summed E-state index contributed by atoms with van der Waals surface area (Å²) in [7, 11) is 0. The highest BCUT2D eigenvalue weighted by atomic mass is 32.1. The lowest BCUT2D eigenvalue weighted by Gasteiger charge is -2.00. The van der Waals surface area contributed by atoms with Crippen molar-refractivity contribution in [3.63, 3.8) is 0 Å². The molecule has 16 heavy (non-hydrogen) atoms. The van der Waals surface area contributed by atoms with Crippen LogP contribution < -0.4 is 0 Å². The third-order valence-electron chi connectivity index (χ3n) is 2.76. The number of hydrogen-bond donors (Lipinski definition) is 1. The fourth-order valence-corrected chi connectivity index (χ4v) is 2.35. The van der Waals surface area contributed by atoms with E-state index in [1.54, 1.807) is 0 Å². The van der Waals surface area contributed by atoms with E-state index in [0.717, 1.165) is 24.3 Å². The number of nitrogens with zero attached hydrogens (tertiary/aromatic N) is 3. The van der Waals surface area contributed by atoms with Crippen molar-refractivity contribution in [2.75, 3.05) is 0 Å². The first-order valence-electron chi connectivity index (χ1n) is 5.37. The molecule has 0 spiro atoms. The SMILES string of the molecule is CCCn1c2ccccc2n2c(=S)[nH]nc12. The second-order valence-electron chi connectivity index (χ2n) is 3.80. The van der Waals surface area contributed by atoms with E-state index in [1.165, 1.54) is 5.52 Å². The molecule has 0 aliphatic heterocycles. The molecule has 5 heteroatoms. The van der Waals surface area contributed by atoms with Crippen molar-refractivity contribution in [3.8, 4) is 0 Å². The van der Waals surface area contributed by atoms with Gasteiger partial charge in [-0.3, -0.25) is 4.40 Å². The Balaban J connectivity index is 2.55. The number of aromatic amines is 1. The van der Waals surface area contributed by atoms with Gasteiger partial charge in [0.2, 0.25) is 10.5 Å². The molecular formula is C11H12N4S. The number of fused-ring (bicyclic) bond motifs is 3. The molecule has 0 amide bonds. The fraction of sp³-hybridized carbons (Fsp3) is 0.273. The smallest absolute Gasteiger partial charge is 0.235 e. The second-order valence-corrected chi connectivity index (χ2v) is 4.19. The van der Waals surface area contributed by atoms with Gasteiger partial charge in [0.25, 0.3) is 0 Å². The highest BCUT2D eigenvalue weighted by molar-refractivity contribution is 7.71. The lowest BCUT2D eigenvalue weighted by molar-refractivity contribution is 0.710. The number of rotatable bonds is 2. The van der Waals surface area contributed by atoms with Crippen LogP contribution >= 0.6 is 12.2 Å². The number of aryl methyl sites for hydroxylation is 1. The minimum atomic E-state index is 0.654. The molecule has 0 aliphatic carbocycles. The van der Waals surface area contributed by atoms with E-state index in [-0.39, 0.29) is 0 Å². The monoisotopic (exact) mass is 232 g/mol. The number of aromatic nitrogens is 4. The zero-order valence-electron chi connectivity index (χ0n) is 8.97. The van der Waals surface area contributed by atoms with Gasteiger partial charge in [0.15, 0.2) is 0 Å². The maximum absolute atomic E-state index is 5.24. The third-order valence-corrected chi connectivity index (χ3v) is 3.03. The van der Waals surface area contributed by atoms with Gasteiger partial charge in [0.1, 0.15) is 0 Å². The highest BCUT2D eigenvalue weighted by Gasteiger charge is 2.11. The number of imidazole rings is 1. The lowest BCUT2D eigenvalue weighted by atomic mass is 10.3. The molecule has 4 nitrogen and oxygen atoms in total. The lowest BCUT2D eigenvalue weighted by Crippen LogP contribution is -1.97. The normalized spacial score (nSPS) is 11.6. The van der Waals surface area contributed by atoms with E-state index < -0.39 is 0 Å². The van der Waals surface area contributed by atoms with Crippen molar-refractivity contribution in [3.05, 3.63) is 29.0 Å². The summed E-state index contributed by atoms with van der Waals surface area (Å²) in [5.41, 5.74) is 2.30. The molecular weight excluding hydrogens is 220 g/mol. The van der Waals surface area contributed by atoms with E-state index in [0.29, 0.717) is 4.77 Å². The fourth-order valence-electron chi connectivity index (χ4n) is 2.12. The third kappa shape index (κ3) is 1.15. The molecule has 0 aliphatic rings. The van der Waals surface area contributed by atoms with Gasteiger partial charge in [-0.2, -0.15) is 0 Å². The zero-order chi connectivity index (χ0) is 11.1. The van der Waals surface area contributed by atoms with Crippen LogP contribution in [0, 0.1) is 4.77 Å². The number of nitrogens with one attached hydrogen (secondary N) is 1. The van der Waals surface area contributed by atoms with Crippen molar-refractivity contribution in [1.82, 2.24) is 19.2 Å². The van der Waals surface area contributed by atoms with Crippen LogP contribution in [-0.4, -0.2) is 19.2 Å². The van der Waals surface area contributed by atoms with E-state index in [4.69, 9.17) is 12.2 Å². The molecule has 1 aromatic carbocycles. The standard InChI is InChI=1S/C11H12N4S/c1-2-7-14-8-5-3-4-6-9(8)15-10(14)12-13-11(15)16/h3-6H,2,7H2,1H3,(H,13,16). The summed E-state index contributed by atoms with van der Waals surface area (Å²) >= 11 is 5.24. The Hall–Kier alpha value is -1.62. The number of hydrogen-bond acceptors (Lipinski definition) is 2. The molecule has 0 radical (unpaired) electrons. The molecule has 1 N–H and O–H groups in total. The summed E-state index contributed by atoms with van der Waals surface area (Å²) in [6.45, 7) is 3.11. The predicted molar refractivity (Wildman–Crippen MR) is 66.2 cm³/mol. The summed E-state index contributed by atoms with van der Waals surface area (Å²) in [6.07, 6.45) is 1.08. The van der Waals surface area contributed by atoms with E-state index in [9.17, 15) is 0 Å². The van der Waals surface area contributed by atoms with Gasteiger partial charge < -0.3 is 4.57 Å². The molecule has 0 atom stereocenters. The van der Waals surface area contributed by atoms with Gasteiger partial charge in [-0.25, -0.2) is 5.10 Å². The van der Waals surface area contributed by atoms with E-state index in [1.807, 2.05) is 16.5 Å². The molecule has 0 fully saturated rings. The quantitative estimate of drug-likeness (QED) is 0.690. The Morgan fingerprint density at radius 3 is 2.81 bits per heavy atom. The molecule has 0 saturated carbocycles. The summed E-state index contributed by atoms with van der Waals surface area (Å²) in [5.74, 6) is 0.896. The molecule has 0 unspecified atom stereocenters. The molecule has 2 aromatic heterocycles. The summed E-state index contributed by atoms with van der Waals surface area (Å²) in [6, 6.07) is 8.24. The van der Waals surface area contributed by atoms with Gasteiger partial charge >= 0.3 is 0 Å².